The number of carbonyl (C=O) groups excluding carboxylic acids is 2. The van der Waals surface area contributed by atoms with Crippen molar-refractivity contribution in [2.75, 3.05) is 26.7 Å². The monoisotopic (exact) mass is 448 g/mol. The minimum Gasteiger partial charge on any atom is -0.342 e. The summed E-state index contributed by atoms with van der Waals surface area (Å²) in [5.41, 5.74) is 3.65. The average molecular weight is 449 g/mol. The maximum Gasteiger partial charge on any atom is 0.228 e. The maximum absolute atomic E-state index is 12.2. The number of pyridine rings is 1. The smallest absolute Gasteiger partial charge is 0.228 e. The van der Waals surface area contributed by atoms with Gasteiger partial charge in [-0.15, -0.1) is 0 Å². The molecule has 1 aliphatic heterocycles. The van der Waals surface area contributed by atoms with Gasteiger partial charge in [-0.25, -0.2) is 4.98 Å². The van der Waals surface area contributed by atoms with Gasteiger partial charge in [0.05, 0.1) is 17.8 Å². The van der Waals surface area contributed by atoms with Gasteiger partial charge < -0.3 is 10.2 Å². The van der Waals surface area contributed by atoms with Crippen LogP contribution in [0.2, 0.25) is 0 Å². The Hall–Kier alpha value is -2.21. The molecule has 6 nitrogen and oxygen atoms in total. The van der Waals surface area contributed by atoms with Gasteiger partial charge in [-0.2, -0.15) is 0 Å². The Morgan fingerprint density at radius 3 is 2.85 bits per heavy atom. The third kappa shape index (κ3) is 3.71. The van der Waals surface area contributed by atoms with Crippen LogP contribution in [0.5, 0.6) is 0 Å². The van der Waals surface area contributed by atoms with E-state index in [2.05, 4.69) is 17.3 Å². The number of hydrogen-bond donors (Lipinski definition) is 1. The van der Waals surface area contributed by atoms with E-state index in [0.717, 1.165) is 54.7 Å². The van der Waals surface area contributed by atoms with E-state index in [1.165, 1.54) is 24.8 Å². The van der Waals surface area contributed by atoms with Crippen LogP contribution >= 0.6 is 0 Å². The summed E-state index contributed by atoms with van der Waals surface area (Å²) in [6, 6.07) is 5.36. The topological polar surface area (TPSA) is 66.7 Å². The highest BCUT2D eigenvalue weighted by Gasteiger charge is 2.75. The van der Waals surface area contributed by atoms with Crippen LogP contribution in [0.15, 0.2) is 24.4 Å². The van der Waals surface area contributed by atoms with Crippen molar-refractivity contribution < 1.29 is 9.59 Å². The van der Waals surface area contributed by atoms with E-state index >= 15 is 0 Å². The molecule has 1 amide bonds. The molecule has 1 N–H and O–H groups in total. The summed E-state index contributed by atoms with van der Waals surface area (Å²) >= 11 is 0. The molecule has 3 heterocycles. The second-order valence-corrected chi connectivity index (χ2v) is 11.5. The van der Waals surface area contributed by atoms with Gasteiger partial charge in [0.1, 0.15) is 5.65 Å². The number of piperidine rings is 1. The Labute approximate surface area is 196 Å². The lowest BCUT2D eigenvalue weighted by atomic mass is 9.71. The first-order valence-electron chi connectivity index (χ1n) is 12.9. The molecule has 0 radical (unpaired) electrons. The number of likely N-dealkylation sites (tertiary alicyclic amines) is 1. The van der Waals surface area contributed by atoms with Crippen molar-refractivity contribution in [3.63, 3.8) is 0 Å². The summed E-state index contributed by atoms with van der Waals surface area (Å²) in [7, 11) is 2.13. The van der Waals surface area contributed by atoms with Crippen molar-refractivity contribution in [1.29, 1.82) is 0 Å². The van der Waals surface area contributed by atoms with Crippen molar-refractivity contribution in [3.05, 3.63) is 35.8 Å². The number of nitrogens with zero attached hydrogens (tertiary/aromatic N) is 3. The van der Waals surface area contributed by atoms with Gasteiger partial charge in [-0.1, -0.05) is 6.07 Å². The van der Waals surface area contributed by atoms with Gasteiger partial charge in [-0.05, 0) is 99.1 Å². The van der Waals surface area contributed by atoms with Crippen molar-refractivity contribution in [2.24, 2.45) is 28.6 Å². The number of nitrogens with one attached hydrogen (secondary N) is 1. The van der Waals surface area contributed by atoms with E-state index in [1.54, 1.807) is 54.8 Å². The minimum absolute atomic E-state index is 0.126. The Morgan fingerprint density at radius 1 is 1.21 bits per heavy atom. The standard InChI is InChI=1S/C15H17N3O2.C12H19N/c19-11-13-5-4-6-14-16-12(10-18(13)14)9-15(20)17-7-2-1-3-8-17;1-13-7-11-3-8-2-10(8)12(6-11)5-9(12)4-11/h4-6,10-11H,1-3,7-9H2;8-10,13H,2-7H2,1H3. The Balaban J connectivity index is 0.000000135. The van der Waals surface area contributed by atoms with Gasteiger partial charge in [0.25, 0.3) is 0 Å². The number of rotatable bonds is 5. The average Bonchev–Trinajstić information content (AvgIpc) is 3.66. The number of amides is 1. The van der Waals surface area contributed by atoms with E-state index in [1.807, 2.05) is 11.0 Å². The van der Waals surface area contributed by atoms with Gasteiger partial charge in [0.15, 0.2) is 6.29 Å². The Bertz CT molecular complexity index is 1070. The van der Waals surface area contributed by atoms with Crippen molar-refractivity contribution in [1.82, 2.24) is 19.6 Å². The first kappa shape index (κ1) is 21.3. The summed E-state index contributed by atoms with van der Waals surface area (Å²) in [5.74, 6) is 3.65. The Morgan fingerprint density at radius 2 is 2.06 bits per heavy atom. The van der Waals surface area contributed by atoms with Crippen molar-refractivity contribution in [3.8, 4) is 0 Å². The molecular weight excluding hydrogens is 412 g/mol. The van der Waals surface area contributed by atoms with Crippen LogP contribution in [-0.2, 0) is 11.2 Å². The number of fused-ring (bicyclic) bond motifs is 3. The van der Waals surface area contributed by atoms with Crippen molar-refractivity contribution in [2.45, 2.75) is 57.8 Å². The van der Waals surface area contributed by atoms with Crippen LogP contribution in [0.25, 0.3) is 5.65 Å². The van der Waals surface area contributed by atoms with Crippen LogP contribution in [0.4, 0.5) is 0 Å². The molecule has 5 fully saturated rings. The molecule has 5 atom stereocenters. The zero-order chi connectivity index (χ0) is 22.6. The third-order valence-corrected chi connectivity index (χ3v) is 9.31. The lowest BCUT2D eigenvalue weighted by Gasteiger charge is -2.36. The lowest BCUT2D eigenvalue weighted by molar-refractivity contribution is -0.131. The highest BCUT2D eigenvalue weighted by Crippen LogP contribution is 2.83. The quantitative estimate of drug-likeness (QED) is 0.708. The molecule has 1 spiro atoms. The first-order chi connectivity index (χ1) is 16.1. The lowest BCUT2D eigenvalue weighted by Crippen LogP contribution is -2.36. The zero-order valence-electron chi connectivity index (χ0n) is 19.8. The maximum atomic E-state index is 12.2. The molecule has 4 aliphatic carbocycles. The van der Waals surface area contributed by atoms with Crippen LogP contribution in [-0.4, -0.2) is 53.2 Å². The van der Waals surface area contributed by atoms with Gasteiger partial charge in [0, 0.05) is 25.8 Å². The van der Waals surface area contributed by atoms with E-state index < -0.39 is 0 Å². The van der Waals surface area contributed by atoms with E-state index in [-0.39, 0.29) is 5.91 Å². The highest BCUT2D eigenvalue weighted by atomic mass is 16.2. The SMILES string of the molecule is CNCC12CC3CC3C3(CC3C1)C2.O=Cc1cccc2nc(CC(=O)N3CCCCC3)cn12. The molecule has 2 aromatic rings. The predicted octanol–water partition coefficient (Wildman–Crippen LogP) is 3.73. The molecule has 176 valence electrons. The second-order valence-electron chi connectivity index (χ2n) is 11.5. The normalized spacial score (nSPS) is 35.3. The van der Waals surface area contributed by atoms with E-state index in [0.29, 0.717) is 17.8 Å². The third-order valence-electron chi connectivity index (χ3n) is 9.31. The molecular formula is C27H36N4O2. The van der Waals surface area contributed by atoms with Crippen LogP contribution in [0, 0.1) is 28.6 Å². The number of hydrogen-bond acceptors (Lipinski definition) is 4. The van der Waals surface area contributed by atoms with Crippen molar-refractivity contribution >= 4 is 17.8 Å². The molecule has 5 unspecified atom stereocenters. The summed E-state index contributed by atoms with van der Waals surface area (Å²) in [6.07, 6.45) is 14.2. The van der Waals surface area contributed by atoms with Gasteiger partial charge in [-0.3, -0.25) is 14.0 Å². The van der Waals surface area contributed by atoms with E-state index in [9.17, 15) is 9.59 Å². The molecule has 6 heteroatoms. The fourth-order valence-electron chi connectivity index (χ4n) is 7.91. The molecule has 33 heavy (non-hydrogen) atoms. The number of aromatic nitrogens is 2. The molecule has 7 rings (SSSR count). The largest absolute Gasteiger partial charge is 0.342 e. The molecule has 2 bridgehead atoms. The number of imidazole rings is 1. The van der Waals surface area contributed by atoms with Crippen LogP contribution in [0.1, 0.15) is 67.5 Å². The van der Waals surface area contributed by atoms with E-state index in [4.69, 9.17) is 0 Å². The summed E-state index contributed by atoms with van der Waals surface area (Å²) in [6.45, 7) is 3.01. The van der Waals surface area contributed by atoms with Gasteiger partial charge >= 0.3 is 0 Å². The molecule has 4 saturated carbocycles. The Kier molecular flexibility index (Phi) is 5.13. The molecule has 0 aromatic carbocycles. The summed E-state index contributed by atoms with van der Waals surface area (Å²) < 4.78 is 1.73. The fraction of sp³-hybridized carbons (Fsp3) is 0.667. The minimum atomic E-state index is 0.126. The number of carbonyl (C=O) groups is 2. The first-order valence-corrected chi connectivity index (χ1v) is 12.9. The summed E-state index contributed by atoms with van der Waals surface area (Å²) in [5, 5.41) is 3.43. The fourth-order valence-corrected chi connectivity index (χ4v) is 7.91. The molecule has 2 aromatic heterocycles. The van der Waals surface area contributed by atoms with Crippen LogP contribution in [0.3, 0.4) is 0 Å². The van der Waals surface area contributed by atoms with Crippen LogP contribution < -0.4 is 5.32 Å². The summed E-state index contributed by atoms with van der Waals surface area (Å²) in [4.78, 5) is 29.5. The molecule has 1 saturated heterocycles. The highest BCUT2D eigenvalue weighted by molar-refractivity contribution is 5.79. The predicted molar refractivity (Wildman–Crippen MR) is 127 cm³/mol. The second kappa shape index (κ2) is 7.93. The van der Waals surface area contributed by atoms with Gasteiger partial charge in [0.2, 0.25) is 5.91 Å². The zero-order valence-corrected chi connectivity index (χ0v) is 19.8. The molecule has 5 aliphatic rings. The number of aldehydes is 1.